The van der Waals surface area contributed by atoms with Crippen molar-refractivity contribution in [2.75, 3.05) is 0 Å². The van der Waals surface area contributed by atoms with Gasteiger partial charge in [0.05, 0.1) is 10.7 Å². The van der Waals surface area contributed by atoms with E-state index in [1.54, 1.807) is 6.07 Å². The monoisotopic (exact) mass is 206 g/mol. The van der Waals surface area contributed by atoms with Gasteiger partial charge in [0.2, 0.25) is 10.0 Å². The van der Waals surface area contributed by atoms with Crippen molar-refractivity contribution in [1.82, 2.24) is 4.98 Å². The Morgan fingerprint density at radius 3 is 2.58 bits per heavy atom. The van der Waals surface area contributed by atoms with Gasteiger partial charge in [-0.25, -0.2) is 13.6 Å². The van der Waals surface area contributed by atoms with Gasteiger partial charge in [0, 0.05) is 6.20 Å². The van der Waals surface area contributed by atoms with Crippen molar-refractivity contribution in [1.29, 1.82) is 0 Å². The number of sulfonamides is 1. The lowest BCUT2D eigenvalue weighted by atomic mass is 10.4. The van der Waals surface area contributed by atoms with Gasteiger partial charge in [0.1, 0.15) is 5.75 Å². The average molecular weight is 207 g/mol. The van der Waals surface area contributed by atoms with Gasteiger partial charge in [0.25, 0.3) is 0 Å². The first-order valence-electron chi connectivity index (χ1n) is 3.08. The van der Waals surface area contributed by atoms with Crippen LogP contribution in [0.3, 0.4) is 0 Å². The van der Waals surface area contributed by atoms with Crippen LogP contribution >= 0.6 is 11.6 Å². The van der Waals surface area contributed by atoms with Gasteiger partial charge in [-0.15, -0.1) is 0 Å². The lowest BCUT2D eigenvalue weighted by molar-refractivity contribution is 0.596. The van der Waals surface area contributed by atoms with Crippen molar-refractivity contribution in [3.05, 3.63) is 29.0 Å². The van der Waals surface area contributed by atoms with Crippen molar-refractivity contribution in [3.63, 3.8) is 0 Å². The molecule has 0 saturated heterocycles. The molecule has 6 heteroatoms. The first-order valence-corrected chi connectivity index (χ1v) is 5.17. The normalized spacial score (nSPS) is 11.5. The molecule has 0 aromatic carbocycles. The summed E-state index contributed by atoms with van der Waals surface area (Å²) in [4.78, 5) is 3.77. The average Bonchev–Trinajstić information content (AvgIpc) is 1.91. The third-order valence-electron chi connectivity index (χ3n) is 1.14. The molecule has 0 aliphatic carbocycles. The highest BCUT2D eigenvalue weighted by atomic mass is 35.5. The number of rotatable bonds is 2. The van der Waals surface area contributed by atoms with E-state index in [0.29, 0.717) is 10.7 Å². The zero-order valence-electron chi connectivity index (χ0n) is 6.07. The maximum atomic E-state index is 10.6. The number of nitrogens with zero attached hydrogens (tertiary/aromatic N) is 1. The smallest absolute Gasteiger partial charge is 0.214 e. The molecule has 1 aromatic rings. The van der Waals surface area contributed by atoms with E-state index < -0.39 is 10.0 Å². The summed E-state index contributed by atoms with van der Waals surface area (Å²) >= 11 is 5.54. The summed E-state index contributed by atoms with van der Waals surface area (Å²) in [5.74, 6) is -0.260. The first-order chi connectivity index (χ1) is 5.47. The van der Waals surface area contributed by atoms with Gasteiger partial charge in [-0.1, -0.05) is 11.6 Å². The van der Waals surface area contributed by atoms with Crippen LogP contribution in [0, 0.1) is 0 Å². The Hall–Kier alpha value is -0.650. The van der Waals surface area contributed by atoms with Crippen molar-refractivity contribution >= 4 is 21.6 Å². The minimum absolute atomic E-state index is 0.260. The highest BCUT2D eigenvalue weighted by Crippen LogP contribution is 2.07. The van der Waals surface area contributed by atoms with Gasteiger partial charge in [-0.3, -0.25) is 4.98 Å². The Bertz CT molecular complexity index is 360. The van der Waals surface area contributed by atoms with Crippen LogP contribution in [0.4, 0.5) is 0 Å². The summed E-state index contributed by atoms with van der Waals surface area (Å²) < 4.78 is 21.2. The van der Waals surface area contributed by atoms with Crippen LogP contribution in [0.2, 0.25) is 5.02 Å². The van der Waals surface area contributed by atoms with Gasteiger partial charge in [-0.2, -0.15) is 0 Å². The molecule has 0 unspecified atom stereocenters. The molecule has 0 aliphatic heterocycles. The van der Waals surface area contributed by atoms with Crippen molar-refractivity contribution in [3.8, 4) is 0 Å². The van der Waals surface area contributed by atoms with E-state index in [4.69, 9.17) is 16.7 Å². The topological polar surface area (TPSA) is 73.1 Å². The van der Waals surface area contributed by atoms with Gasteiger partial charge in [0.15, 0.2) is 0 Å². The predicted molar refractivity (Wildman–Crippen MR) is 46.1 cm³/mol. The van der Waals surface area contributed by atoms with Gasteiger partial charge in [-0.05, 0) is 12.1 Å². The van der Waals surface area contributed by atoms with E-state index >= 15 is 0 Å². The molecule has 1 rings (SSSR count). The second-order valence-electron chi connectivity index (χ2n) is 2.27. The third-order valence-corrected chi connectivity index (χ3v) is 2.06. The summed E-state index contributed by atoms with van der Waals surface area (Å²) in [6, 6.07) is 3.09. The SMILES string of the molecule is NS(=O)(=O)Cc1ccc(Cl)cn1. The second-order valence-corrected chi connectivity index (χ2v) is 4.33. The molecule has 0 aliphatic rings. The van der Waals surface area contributed by atoms with Crippen molar-refractivity contribution in [2.45, 2.75) is 5.75 Å². The van der Waals surface area contributed by atoms with E-state index in [9.17, 15) is 8.42 Å². The molecule has 1 heterocycles. The molecule has 2 N–H and O–H groups in total. The molecule has 4 nitrogen and oxygen atoms in total. The summed E-state index contributed by atoms with van der Waals surface area (Å²) in [5, 5.41) is 5.27. The van der Waals surface area contributed by atoms with Crippen molar-refractivity contribution < 1.29 is 8.42 Å². The fourth-order valence-electron chi connectivity index (χ4n) is 0.698. The Morgan fingerprint density at radius 2 is 2.17 bits per heavy atom. The third kappa shape index (κ3) is 3.17. The standard InChI is InChI=1S/C6H7ClN2O2S/c7-5-1-2-6(9-3-5)4-12(8,10)11/h1-3H,4H2,(H2,8,10,11). The quantitative estimate of drug-likeness (QED) is 0.767. The van der Waals surface area contributed by atoms with Crippen molar-refractivity contribution in [2.24, 2.45) is 5.14 Å². The number of primary sulfonamides is 1. The maximum Gasteiger partial charge on any atom is 0.214 e. The molecule has 0 atom stereocenters. The molecule has 0 fully saturated rings. The number of hydrogen-bond donors (Lipinski definition) is 1. The van der Waals surface area contributed by atoms with Gasteiger partial charge < -0.3 is 0 Å². The highest BCUT2D eigenvalue weighted by molar-refractivity contribution is 7.88. The largest absolute Gasteiger partial charge is 0.259 e. The lowest BCUT2D eigenvalue weighted by Gasteiger charge is -1.96. The number of halogens is 1. The molecule has 0 saturated carbocycles. The van der Waals surface area contributed by atoms with Crippen LogP contribution in [0.25, 0.3) is 0 Å². The summed E-state index contributed by atoms with van der Waals surface area (Å²) in [6.45, 7) is 0. The molecular weight excluding hydrogens is 200 g/mol. The molecule has 1 aromatic heterocycles. The highest BCUT2D eigenvalue weighted by Gasteiger charge is 2.05. The van der Waals surface area contributed by atoms with E-state index in [2.05, 4.69) is 4.98 Å². The van der Waals surface area contributed by atoms with Crippen LogP contribution in [0.15, 0.2) is 18.3 Å². The van der Waals surface area contributed by atoms with E-state index in [0.717, 1.165) is 0 Å². The van der Waals surface area contributed by atoms with Crippen LogP contribution < -0.4 is 5.14 Å². The van der Waals surface area contributed by atoms with Gasteiger partial charge >= 0.3 is 0 Å². The lowest BCUT2D eigenvalue weighted by Crippen LogP contribution is -2.15. The molecular formula is C6H7ClN2O2S. The Labute approximate surface area is 75.4 Å². The maximum absolute atomic E-state index is 10.6. The van der Waals surface area contributed by atoms with Crippen LogP contribution in [0.1, 0.15) is 5.69 Å². The summed E-state index contributed by atoms with van der Waals surface area (Å²) in [6.07, 6.45) is 1.38. The van der Waals surface area contributed by atoms with Crippen LogP contribution in [-0.2, 0) is 15.8 Å². The zero-order chi connectivity index (χ0) is 9.19. The summed E-state index contributed by atoms with van der Waals surface area (Å²) in [7, 11) is -3.50. The number of nitrogens with two attached hydrogens (primary N) is 1. The molecule has 0 spiro atoms. The minimum atomic E-state index is -3.50. The number of hydrogen-bond acceptors (Lipinski definition) is 3. The molecule has 12 heavy (non-hydrogen) atoms. The molecule has 0 radical (unpaired) electrons. The Balaban J connectivity index is 2.85. The zero-order valence-corrected chi connectivity index (χ0v) is 7.64. The Kier molecular flexibility index (Phi) is 2.66. The van der Waals surface area contributed by atoms with Crippen LogP contribution in [0.5, 0.6) is 0 Å². The Morgan fingerprint density at radius 1 is 1.50 bits per heavy atom. The van der Waals surface area contributed by atoms with E-state index in [-0.39, 0.29) is 5.75 Å². The molecule has 66 valence electrons. The van der Waals surface area contributed by atoms with E-state index in [1.165, 1.54) is 12.3 Å². The summed E-state index contributed by atoms with van der Waals surface area (Å²) in [5.41, 5.74) is 0.391. The number of aromatic nitrogens is 1. The fourth-order valence-corrected chi connectivity index (χ4v) is 1.39. The molecule has 0 bridgehead atoms. The second kappa shape index (κ2) is 3.38. The van der Waals surface area contributed by atoms with E-state index in [1.807, 2.05) is 0 Å². The minimum Gasteiger partial charge on any atom is -0.259 e. The predicted octanol–water partition coefficient (Wildman–Crippen LogP) is 0.524. The first kappa shape index (κ1) is 9.44. The van der Waals surface area contributed by atoms with Crippen LogP contribution in [-0.4, -0.2) is 13.4 Å². The number of pyridine rings is 1. The molecule has 0 amide bonds. The fraction of sp³-hybridized carbons (Fsp3) is 0.167.